The van der Waals surface area contributed by atoms with E-state index in [2.05, 4.69) is 12.6 Å². The van der Waals surface area contributed by atoms with E-state index in [4.69, 9.17) is 5.73 Å². The predicted octanol–water partition coefficient (Wildman–Crippen LogP) is 0.610. The van der Waals surface area contributed by atoms with Crippen LogP contribution in [0.5, 0.6) is 0 Å². The number of nitrogens with two attached hydrogens (primary N) is 1. The van der Waals surface area contributed by atoms with Gasteiger partial charge in [-0.15, -0.1) is 0 Å². The molecular formula is C16H35BrN2S. The highest BCUT2D eigenvalue weighted by Crippen LogP contribution is 2.20. The SMILES string of the molecule is NCCCCCCCCC[N+]1(CCS)CCCCC1.[Br-]. The van der Waals surface area contributed by atoms with Gasteiger partial charge in [0, 0.05) is 5.75 Å². The molecule has 0 unspecified atom stereocenters. The maximum atomic E-state index is 5.51. The molecule has 0 amide bonds. The first kappa shape index (κ1) is 20.8. The van der Waals surface area contributed by atoms with Crippen molar-refractivity contribution in [2.24, 2.45) is 5.73 Å². The van der Waals surface area contributed by atoms with Gasteiger partial charge in [-0.25, -0.2) is 0 Å². The second-order valence-electron chi connectivity index (χ2n) is 6.28. The lowest BCUT2D eigenvalue weighted by Crippen LogP contribution is -3.00. The summed E-state index contributed by atoms with van der Waals surface area (Å²) in [4.78, 5) is 0. The van der Waals surface area contributed by atoms with Crippen molar-refractivity contribution in [2.75, 3.05) is 38.5 Å². The van der Waals surface area contributed by atoms with Crippen LogP contribution < -0.4 is 22.7 Å². The summed E-state index contributed by atoms with van der Waals surface area (Å²) in [7, 11) is 0. The van der Waals surface area contributed by atoms with Crippen LogP contribution in [-0.2, 0) is 0 Å². The fourth-order valence-electron chi connectivity index (χ4n) is 3.43. The van der Waals surface area contributed by atoms with Crippen molar-refractivity contribution in [1.29, 1.82) is 0 Å². The van der Waals surface area contributed by atoms with Crippen LogP contribution in [0.1, 0.15) is 64.2 Å². The van der Waals surface area contributed by atoms with Crippen LogP contribution in [0.4, 0.5) is 0 Å². The Morgan fingerprint density at radius 3 is 1.85 bits per heavy atom. The third kappa shape index (κ3) is 8.91. The van der Waals surface area contributed by atoms with Gasteiger partial charge < -0.3 is 27.2 Å². The lowest BCUT2D eigenvalue weighted by atomic mass is 10.0. The predicted molar refractivity (Wildman–Crippen MR) is 88.8 cm³/mol. The summed E-state index contributed by atoms with van der Waals surface area (Å²) >= 11 is 4.47. The van der Waals surface area contributed by atoms with Gasteiger partial charge in [0.1, 0.15) is 0 Å². The Bertz CT molecular complexity index is 203. The quantitative estimate of drug-likeness (QED) is 0.312. The molecule has 0 spiro atoms. The summed E-state index contributed by atoms with van der Waals surface area (Å²) in [6, 6.07) is 0. The number of quaternary nitrogens is 1. The number of likely N-dealkylation sites (tertiary alicyclic amines) is 1. The summed E-state index contributed by atoms with van der Waals surface area (Å²) in [6.07, 6.45) is 13.9. The molecule has 0 aliphatic carbocycles. The third-order valence-corrected chi connectivity index (χ3v) is 4.88. The number of thiol groups is 1. The molecule has 0 aromatic carbocycles. The van der Waals surface area contributed by atoms with Crippen molar-refractivity contribution in [1.82, 2.24) is 0 Å². The Morgan fingerprint density at radius 2 is 1.30 bits per heavy atom. The first-order valence-electron chi connectivity index (χ1n) is 8.49. The number of hydrogen-bond acceptors (Lipinski definition) is 2. The molecule has 1 saturated heterocycles. The largest absolute Gasteiger partial charge is 1.00 e. The van der Waals surface area contributed by atoms with Gasteiger partial charge >= 0.3 is 0 Å². The maximum absolute atomic E-state index is 5.51. The van der Waals surface area contributed by atoms with Crippen LogP contribution in [0.25, 0.3) is 0 Å². The van der Waals surface area contributed by atoms with Gasteiger partial charge in [-0.2, -0.15) is 12.6 Å². The number of nitrogens with zero attached hydrogens (tertiary/aromatic N) is 1. The zero-order valence-electron chi connectivity index (χ0n) is 13.2. The average Bonchev–Trinajstić information content (AvgIpc) is 2.43. The number of piperidine rings is 1. The summed E-state index contributed by atoms with van der Waals surface area (Å²) in [5.41, 5.74) is 5.51. The highest BCUT2D eigenvalue weighted by molar-refractivity contribution is 7.80. The van der Waals surface area contributed by atoms with Crippen molar-refractivity contribution in [3.8, 4) is 0 Å². The van der Waals surface area contributed by atoms with Crippen molar-refractivity contribution in [3.05, 3.63) is 0 Å². The minimum Gasteiger partial charge on any atom is -1.00 e. The zero-order valence-corrected chi connectivity index (χ0v) is 15.6. The number of hydrogen-bond donors (Lipinski definition) is 2. The Hall–Kier alpha value is 0.750. The molecule has 0 aromatic rings. The van der Waals surface area contributed by atoms with E-state index in [9.17, 15) is 0 Å². The van der Waals surface area contributed by atoms with E-state index in [1.807, 2.05) is 0 Å². The molecule has 4 heteroatoms. The van der Waals surface area contributed by atoms with E-state index in [1.54, 1.807) is 0 Å². The second kappa shape index (κ2) is 13.4. The highest BCUT2D eigenvalue weighted by Gasteiger charge is 2.28. The van der Waals surface area contributed by atoms with Crippen molar-refractivity contribution in [2.45, 2.75) is 64.2 Å². The van der Waals surface area contributed by atoms with Crippen LogP contribution in [0.15, 0.2) is 0 Å². The fraction of sp³-hybridized carbons (Fsp3) is 1.00. The molecule has 0 aromatic heterocycles. The summed E-state index contributed by atoms with van der Waals surface area (Å²) in [5, 5.41) is 0. The molecule has 20 heavy (non-hydrogen) atoms. The van der Waals surface area contributed by atoms with Gasteiger partial charge in [0.15, 0.2) is 0 Å². The van der Waals surface area contributed by atoms with Crippen LogP contribution in [0.2, 0.25) is 0 Å². The maximum Gasteiger partial charge on any atom is 0.0876 e. The standard InChI is InChI=1S/C16H34N2S.BrH/c17-11-7-4-2-1-3-5-8-12-18(15-16-19)13-9-6-10-14-18;/h1-17H2;1H. The molecule has 0 saturated carbocycles. The monoisotopic (exact) mass is 366 g/mol. The van der Waals surface area contributed by atoms with Crippen LogP contribution in [-0.4, -0.2) is 43.0 Å². The molecule has 2 nitrogen and oxygen atoms in total. The van der Waals surface area contributed by atoms with Gasteiger partial charge in [-0.05, 0) is 45.1 Å². The minimum absolute atomic E-state index is 0. The molecule has 122 valence electrons. The third-order valence-electron chi connectivity index (χ3n) is 4.68. The minimum atomic E-state index is 0. The Morgan fingerprint density at radius 1 is 0.750 bits per heavy atom. The molecule has 1 rings (SSSR count). The summed E-state index contributed by atoms with van der Waals surface area (Å²) in [6.45, 7) is 6.39. The molecule has 2 N–H and O–H groups in total. The van der Waals surface area contributed by atoms with Crippen LogP contribution in [0, 0.1) is 0 Å². The van der Waals surface area contributed by atoms with Gasteiger partial charge in [0.2, 0.25) is 0 Å². The summed E-state index contributed by atoms with van der Waals surface area (Å²) in [5.74, 6) is 1.05. The second-order valence-corrected chi connectivity index (χ2v) is 6.73. The summed E-state index contributed by atoms with van der Waals surface area (Å²) < 4.78 is 1.37. The Balaban J connectivity index is 0.00000361. The molecule has 0 bridgehead atoms. The van der Waals surface area contributed by atoms with Crippen molar-refractivity contribution in [3.63, 3.8) is 0 Å². The van der Waals surface area contributed by atoms with Crippen LogP contribution >= 0.6 is 12.6 Å². The topological polar surface area (TPSA) is 26.0 Å². The van der Waals surface area contributed by atoms with Gasteiger partial charge in [0.25, 0.3) is 0 Å². The normalized spacial score (nSPS) is 17.7. The number of halogens is 1. The Labute approximate surface area is 142 Å². The molecule has 1 aliphatic heterocycles. The first-order chi connectivity index (χ1) is 9.33. The van der Waals surface area contributed by atoms with Crippen LogP contribution in [0.3, 0.4) is 0 Å². The zero-order chi connectivity index (χ0) is 13.8. The molecule has 1 fully saturated rings. The van der Waals surface area contributed by atoms with Gasteiger partial charge in [-0.3, -0.25) is 0 Å². The van der Waals surface area contributed by atoms with Gasteiger partial charge in [-0.1, -0.05) is 25.7 Å². The molecule has 1 heterocycles. The lowest BCUT2D eigenvalue weighted by Gasteiger charge is -2.41. The van der Waals surface area contributed by atoms with E-state index in [-0.39, 0.29) is 17.0 Å². The van der Waals surface area contributed by atoms with E-state index in [0.717, 1.165) is 12.3 Å². The number of rotatable bonds is 11. The highest BCUT2D eigenvalue weighted by atomic mass is 79.9. The van der Waals surface area contributed by atoms with Crippen molar-refractivity contribution >= 4 is 12.6 Å². The smallest absolute Gasteiger partial charge is 0.0876 e. The van der Waals surface area contributed by atoms with Crippen molar-refractivity contribution < 1.29 is 21.5 Å². The fourth-order valence-corrected chi connectivity index (χ4v) is 3.85. The molecular weight excluding hydrogens is 332 g/mol. The van der Waals surface area contributed by atoms with E-state index < -0.39 is 0 Å². The van der Waals surface area contributed by atoms with E-state index in [1.165, 1.54) is 94.9 Å². The molecule has 0 atom stereocenters. The molecule has 0 radical (unpaired) electrons. The Kier molecular flexibility index (Phi) is 13.9. The first-order valence-corrected chi connectivity index (χ1v) is 9.12. The van der Waals surface area contributed by atoms with E-state index >= 15 is 0 Å². The van der Waals surface area contributed by atoms with Gasteiger partial charge in [0.05, 0.1) is 26.2 Å². The van der Waals surface area contributed by atoms with E-state index in [0.29, 0.717) is 0 Å². The molecule has 1 aliphatic rings. The average molecular weight is 367 g/mol. The number of unbranched alkanes of at least 4 members (excludes halogenated alkanes) is 6. The lowest BCUT2D eigenvalue weighted by molar-refractivity contribution is -0.930.